The van der Waals surface area contributed by atoms with Gasteiger partial charge in [-0.3, -0.25) is 4.79 Å². The number of rotatable bonds is 3. The van der Waals surface area contributed by atoms with Gasteiger partial charge in [-0.2, -0.15) is 0 Å². The van der Waals surface area contributed by atoms with Crippen LogP contribution in [0.4, 0.5) is 0 Å². The zero-order chi connectivity index (χ0) is 18.2. The lowest BCUT2D eigenvalue weighted by Crippen LogP contribution is -2.31. The fourth-order valence-electron chi connectivity index (χ4n) is 4.63. The first kappa shape index (κ1) is 16.8. The van der Waals surface area contributed by atoms with E-state index in [1.54, 1.807) is 0 Å². The molecule has 1 aliphatic carbocycles. The summed E-state index contributed by atoms with van der Waals surface area (Å²) in [5, 5.41) is 0. The third-order valence-corrected chi connectivity index (χ3v) is 6.10. The number of carbonyl (C=O) groups is 1. The van der Waals surface area contributed by atoms with Crippen LogP contribution in [0.1, 0.15) is 47.1 Å². The fraction of sp³-hybridized carbons (Fsp3) is 0.375. The number of benzene rings is 2. The molecule has 27 heavy (non-hydrogen) atoms. The van der Waals surface area contributed by atoms with Gasteiger partial charge in [0.15, 0.2) is 5.78 Å². The van der Waals surface area contributed by atoms with Crippen LogP contribution in [0.2, 0.25) is 0 Å². The molecule has 0 atom stereocenters. The van der Waals surface area contributed by atoms with Crippen molar-refractivity contribution in [2.24, 2.45) is 0 Å². The number of hydrogen-bond donors (Lipinski definition) is 0. The van der Waals surface area contributed by atoms with Crippen LogP contribution in [0.3, 0.4) is 0 Å². The summed E-state index contributed by atoms with van der Waals surface area (Å²) in [4.78, 5) is 15.2. The van der Waals surface area contributed by atoms with Crippen LogP contribution in [0.25, 0.3) is 11.3 Å². The second-order valence-corrected chi connectivity index (χ2v) is 7.89. The van der Waals surface area contributed by atoms with Crippen LogP contribution in [-0.2, 0) is 29.0 Å². The average molecular weight is 359 g/mol. The predicted molar refractivity (Wildman–Crippen MR) is 107 cm³/mol. The third-order valence-electron chi connectivity index (χ3n) is 6.10. The maximum absolute atomic E-state index is 12.6. The molecule has 138 valence electrons. The van der Waals surface area contributed by atoms with Gasteiger partial charge in [-0.15, -0.1) is 0 Å². The highest BCUT2D eigenvalue weighted by atomic mass is 16.5. The second-order valence-electron chi connectivity index (χ2n) is 7.89. The van der Waals surface area contributed by atoms with Gasteiger partial charge < -0.3 is 9.64 Å². The Kier molecular flexibility index (Phi) is 4.33. The molecular formula is C24H25NO2. The molecule has 2 aliphatic heterocycles. The molecule has 0 aromatic heterocycles. The monoisotopic (exact) mass is 359 g/mol. The fourth-order valence-corrected chi connectivity index (χ4v) is 4.63. The van der Waals surface area contributed by atoms with Gasteiger partial charge in [0, 0.05) is 24.1 Å². The molecule has 0 N–H and O–H groups in total. The van der Waals surface area contributed by atoms with Gasteiger partial charge in [-0.25, -0.2) is 0 Å². The molecule has 3 heteroatoms. The Morgan fingerprint density at radius 1 is 0.926 bits per heavy atom. The number of ether oxygens (including phenoxy) is 1. The number of carbonyl (C=O) groups excluding carboxylic acids is 1. The molecule has 0 saturated carbocycles. The van der Waals surface area contributed by atoms with Crippen molar-refractivity contribution >= 4 is 17.1 Å². The first-order valence-corrected chi connectivity index (χ1v) is 10.1. The minimum absolute atomic E-state index is 0.174. The summed E-state index contributed by atoms with van der Waals surface area (Å²) >= 11 is 0. The number of allylic oxidation sites excluding steroid dienone is 1. The van der Waals surface area contributed by atoms with Crippen LogP contribution in [0.15, 0.2) is 42.5 Å². The Bertz CT molecular complexity index is 922. The Balaban J connectivity index is 1.41. The van der Waals surface area contributed by atoms with E-state index in [1.165, 1.54) is 43.5 Å². The normalized spacial score (nSPS) is 21.9. The summed E-state index contributed by atoms with van der Waals surface area (Å²) < 4.78 is 6.03. The largest absolute Gasteiger partial charge is 0.487 e. The van der Waals surface area contributed by atoms with E-state index in [1.807, 2.05) is 24.3 Å². The molecule has 2 heterocycles. The molecule has 3 nitrogen and oxygen atoms in total. The summed E-state index contributed by atoms with van der Waals surface area (Å²) in [6.07, 6.45) is 5.63. The Morgan fingerprint density at radius 3 is 2.67 bits per heavy atom. The number of Topliss-reactive ketones (excluding diaryl/α,β-unsaturated/α-hetero) is 1. The maximum Gasteiger partial charge on any atom is 0.171 e. The molecule has 0 spiro atoms. The van der Waals surface area contributed by atoms with E-state index in [2.05, 4.69) is 23.1 Å². The van der Waals surface area contributed by atoms with Gasteiger partial charge in [0.25, 0.3) is 0 Å². The highest BCUT2D eigenvalue weighted by Gasteiger charge is 2.32. The van der Waals surface area contributed by atoms with E-state index in [4.69, 9.17) is 4.74 Å². The highest BCUT2D eigenvalue weighted by molar-refractivity contribution is 6.31. The summed E-state index contributed by atoms with van der Waals surface area (Å²) in [5.74, 6) is 0.954. The van der Waals surface area contributed by atoms with Crippen molar-refractivity contribution in [1.29, 1.82) is 0 Å². The van der Waals surface area contributed by atoms with Crippen LogP contribution < -0.4 is 0 Å². The molecule has 3 aliphatic rings. The van der Waals surface area contributed by atoms with Crippen LogP contribution in [-0.4, -0.2) is 30.3 Å². The Hall–Kier alpha value is -2.39. The Labute approximate surface area is 160 Å². The van der Waals surface area contributed by atoms with Crippen LogP contribution in [0.5, 0.6) is 0 Å². The summed E-state index contributed by atoms with van der Waals surface area (Å²) in [6.45, 7) is 4.19. The topological polar surface area (TPSA) is 29.5 Å². The van der Waals surface area contributed by atoms with Gasteiger partial charge in [-0.05, 0) is 49.0 Å². The number of hydrogen-bond acceptors (Lipinski definition) is 3. The lowest BCUT2D eigenvalue weighted by atomic mass is 9.98. The average Bonchev–Trinajstić information content (AvgIpc) is 3.26. The lowest BCUT2D eigenvalue weighted by Gasteiger charge is -2.26. The van der Waals surface area contributed by atoms with Crippen LogP contribution >= 0.6 is 0 Å². The third kappa shape index (κ3) is 3.10. The zero-order valence-corrected chi connectivity index (χ0v) is 15.7. The predicted octanol–water partition coefficient (Wildman–Crippen LogP) is 4.24. The van der Waals surface area contributed by atoms with E-state index in [0.717, 1.165) is 41.0 Å². The zero-order valence-electron chi connectivity index (χ0n) is 15.7. The summed E-state index contributed by atoms with van der Waals surface area (Å²) in [7, 11) is 0. The van der Waals surface area contributed by atoms with Gasteiger partial charge in [-0.1, -0.05) is 48.9 Å². The highest BCUT2D eigenvalue weighted by Crippen LogP contribution is 2.40. The number of fused-ring (bicyclic) bond motifs is 2. The van der Waals surface area contributed by atoms with E-state index < -0.39 is 0 Å². The van der Waals surface area contributed by atoms with E-state index in [9.17, 15) is 4.79 Å². The first-order chi connectivity index (χ1) is 13.3. The van der Waals surface area contributed by atoms with Gasteiger partial charge in [0.05, 0.1) is 5.57 Å². The van der Waals surface area contributed by atoms with Crippen molar-refractivity contribution in [2.75, 3.05) is 19.6 Å². The SMILES string of the molecule is O=C1Cc2ccccc2/C1=C1\OCc2cc(CCN3CCCCC3)ccc21. The van der Waals surface area contributed by atoms with E-state index in [-0.39, 0.29) is 5.78 Å². The van der Waals surface area contributed by atoms with Crippen molar-refractivity contribution in [3.63, 3.8) is 0 Å². The minimum Gasteiger partial charge on any atom is -0.487 e. The molecule has 2 aromatic rings. The standard InChI is InChI=1S/C24H25NO2/c26-22-15-18-6-2-3-7-20(18)23(22)24-21-9-8-17(14-19(21)16-27-24)10-13-25-11-4-1-5-12-25/h2-3,6-9,14H,1,4-5,10-13,15-16H2/b24-23+. The quantitative estimate of drug-likeness (QED) is 0.768. The van der Waals surface area contributed by atoms with Gasteiger partial charge >= 0.3 is 0 Å². The number of nitrogens with zero attached hydrogens (tertiary/aromatic N) is 1. The van der Waals surface area contributed by atoms with Gasteiger partial charge in [0.1, 0.15) is 12.4 Å². The number of piperidine rings is 1. The second kappa shape index (κ2) is 6.97. The molecule has 0 amide bonds. The van der Waals surface area contributed by atoms with E-state index >= 15 is 0 Å². The summed E-state index contributed by atoms with van der Waals surface area (Å²) in [5.41, 5.74) is 6.60. The van der Waals surface area contributed by atoms with Crippen molar-refractivity contribution in [3.8, 4) is 0 Å². The van der Waals surface area contributed by atoms with Crippen LogP contribution in [0, 0.1) is 0 Å². The van der Waals surface area contributed by atoms with Crippen molar-refractivity contribution in [1.82, 2.24) is 4.90 Å². The number of likely N-dealkylation sites (tertiary alicyclic amines) is 1. The Morgan fingerprint density at radius 2 is 1.78 bits per heavy atom. The molecule has 1 saturated heterocycles. The smallest absolute Gasteiger partial charge is 0.171 e. The van der Waals surface area contributed by atoms with Crippen molar-refractivity contribution in [2.45, 2.75) is 38.7 Å². The molecule has 0 unspecified atom stereocenters. The van der Waals surface area contributed by atoms with Crippen molar-refractivity contribution in [3.05, 3.63) is 70.3 Å². The van der Waals surface area contributed by atoms with E-state index in [0.29, 0.717) is 13.0 Å². The molecular weight excluding hydrogens is 334 g/mol. The summed E-state index contributed by atoms with van der Waals surface area (Å²) in [6, 6.07) is 14.7. The van der Waals surface area contributed by atoms with Gasteiger partial charge in [0.2, 0.25) is 0 Å². The lowest BCUT2D eigenvalue weighted by molar-refractivity contribution is -0.112. The minimum atomic E-state index is 0.174. The number of ketones is 1. The van der Waals surface area contributed by atoms with Crippen molar-refractivity contribution < 1.29 is 9.53 Å². The molecule has 5 rings (SSSR count). The molecule has 1 fully saturated rings. The molecule has 2 aromatic carbocycles. The molecule has 0 radical (unpaired) electrons. The first-order valence-electron chi connectivity index (χ1n) is 10.1. The maximum atomic E-state index is 12.6. The molecule has 0 bridgehead atoms.